The highest BCUT2D eigenvalue weighted by atomic mass is 79.9. The van der Waals surface area contributed by atoms with Gasteiger partial charge in [-0.05, 0) is 43.7 Å². The number of rotatable bonds is 1. The highest BCUT2D eigenvalue weighted by molar-refractivity contribution is 9.10. The second-order valence-corrected chi connectivity index (χ2v) is 6.12. The van der Waals surface area contributed by atoms with Gasteiger partial charge in [-0.1, -0.05) is 40.2 Å². The van der Waals surface area contributed by atoms with Crippen LogP contribution in [-0.2, 0) is 4.79 Å². The smallest absolute Gasteiger partial charge is 0.316 e. The summed E-state index contributed by atoms with van der Waals surface area (Å²) in [6.07, 6.45) is 0. The van der Waals surface area contributed by atoms with Crippen molar-refractivity contribution in [1.82, 2.24) is 0 Å². The third kappa shape index (κ3) is 2.72. The van der Waals surface area contributed by atoms with E-state index < -0.39 is 5.41 Å². The van der Waals surface area contributed by atoms with Crippen molar-refractivity contribution in [2.75, 3.05) is 0 Å². The average molecular weight is 307 g/mol. The number of hydrogen-bond donors (Lipinski definition) is 0. The molecule has 0 bridgehead atoms. The first kappa shape index (κ1) is 13.1. The predicted octanol–water partition coefficient (Wildman–Crippen LogP) is 4.55. The van der Waals surface area contributed by atoms with Crippen LogP contribution in [0.5, 0.6) is 5.75 Å². The van der Waals surface area contributed by atoms with Crippen molar-refractivity contribution >= 4 is 32.7 Å². The summed E-state index contributed by atoms with van der Waals surface area (Å²) < 4.78 is 6.33. The Labute approximate surface area is 115 Å². The molecule has 0 aliphatic rings. The molecule has 0 saturated heterocycles. The highest BCUT2D eigenvalue weighted by Gasteiger charge is 2.23. The van der Waals surface area contributed by atoms with Gasteiger partial charge in [0.25, 0.3) is 0 Å². The van der Waals surface area contributed by atoms with Gasteiger partial charge in [-0.15, -0.1) is 0 Å². The van der Waals surface area contributed by atoms with Crippen LogP contribution < -0.4 is 4.74 Å². The van der Waals surface area contributed by atoms with E-state index in [4.69, 9.17) is 4.74 Å². The largest absolute Gasteiger partial charge is 0.426 e. The summed E-state index contributed by atoms with van der Waals surface area (Å²) in [6, 6.07) is 11.7. The van der Waals surface area contributed by atoms with E-state index in [0.717, 1.165) is 15.2 Å². The number of carbonyl (C=O) groups is 1. The van der Waals surface area contributed by atoms with E-state index in [0.29, 0.717) is 5.75 Å². The van der Waals surface area contributed by atoms with Gasteiger partial charge in [0.05, 0.1) is 5.41 Å². The Morgan fingerprint density at radius 1 is 1.17 bits per heavy atom. The van der Waals surface area contributed by atoms with E-state index in [2.05, 4.69) is 15.9 Å². The molecule has 0 aliphatic carbocycles. The van der Waals surface area contributed by atoms with Gasteiger partial charge < -0.3 is 4.74 Å². The summed E-state index contributed by atoms with van der Waals surface area (Å²) in [6.45, 7) is 5.52. The Hall–Kier alpha value is -1.35. The molecule has 0 fully saturated rings. The standard InChI is InChI=1S/C15H15BrO2/c1-15(2,3)14(17)18-11-8-10-6-4-5-7-12(10)13(16)9-11/h4-9H,1-3H3. The lowest BCUT2D eigenvalue weighted by Gasteiger charge is -2.16. The molecular weight excluding hydrogens is 292 g/mol. The zero-order valence-corrected chi connectivity index (χ0v) is 12.2. The molecule has 0 spiro atoms. The summed E-state index contributed by atoms with van der Waals surface area (Å²) in [5, 5.41) is 2.15. The van der Waals surface area contributed by atoms with E-state index in [9.17, 15) is 4.79 Å². The van der Waals surface area contributed by atoms with Crippen LogP contribution in [0.1, 0.15) is 20.8 Å². The predicted molar refractivity (Wildman–Crippen MR) is 76.7 cm³/mol. The molecule has 0 unspecified atom stereocenters. The first-order valence-corrected chi connectivity index (χ1v) is 6.58. The Morgan fingerprint density at radius 2 is 1.83 bits per heavy atom. The molecule has 0 radical (unpaired) electrons. The van der Waals surface area contributed by atoms with Crippen LogP contribution in [0.25, 0.3) is 10.8 Å². The third-order valence-electron chi connectivity index (χ3n) is 2.61. The quantitative estimate of drug-likeness (QED) is 0.570. The molecule has 0 atom stereocenters. The molecular formula is C15H15BrO2. The molecule has 0 amide bonds. The van der Waals surface area contributed by atoms with E-state index in [1.165, 1.54) is 0 Å². The Morgan fingerprint density at radius 3 is 2.50 bits per heavy atom. The number of halogens is 1. The van der Waals surface area contributed by atoms with Crippen LogP contribution in [0.2, 0.25) is 0 Å². The number of fused-ring (bicyclic) bond motifs is 1. The molecule has 2 aromatic carbocycles. The number of benzene rings is 2. The monoisotopic (exact) mass is 306 g/mol. The lowest BCUT2D eigenvalue weighted by molar-refractivity contribution is -0.142. The minimum atomic E-state index is -0.502. The lowest BCUT2D eigenvalue weighted by atomic mass is 9.97. The first-order valence-electron chi connectivity index (χ1n) is 5.78. The van der Waals surface area contributed by atoms with Crippen molar-refractivity contribution in [1.29, 1.82) is 0 Å². The topological polar surface area (TPSA) is 26.3 Å². The normalized spacial score (nSPS) is 11.6. The molecule has 3 heteroatoms. The molecule has 18 heavy (non-hydrogen) atoms. The van der Waals surface area contributed by atoms with Gasteiger partial charge in [-0.3, -0.25) is 4.79 Å². The molecule has 0 N–H and O–H groups in total. The van der Waals surface area contributed by atoms with Gasteiger partial charge in [0.2, 0.25) is 0 Å². The fraction of sp³-hybridized carbons (Fsp3) is 0.267. The minimum absolute atomic E-state index is 0.232. The van der Waals surface area contributed by atoms with Gasteiger partial charge >= 0.3 is 5.97 Å². The second kappa shape index (κ2) is 4.73. The van der Waals surface area contributed by atoms with E-state index in [1.807, 2.05) is 57.2 Å². The third-order valence-corrected chi connectivity index (χ3v) is 3.26. The summed E-state index contributed by atoms with van der Waals surface area (Å²) in [7, 11) is 0. The maximum atomic E-state index is 11.8. The van der Waals surface area contributed by atoms with Crippen LogP contribution in [-0.4, -0.2) is 5.97 Å². The molecule has 94 valence electrons. The van der Waals surface area contributed by atoms with Crippen molar-refractivity contribution < 1.29 is 9.53 Å². The van der Waals surface area contributed by atoms with Crippen LogP contribution in [0.15, 0.2) is 40.9 Å². The Balaban J connectivity index is 2.39. The molecule has 2 rings (SSSR count). The van der Waals surface area contributed by atoms with Crippen molar-refractivity contribution in [3.8, 4) is 5.75 Å². The van der Waals surface area contributed by atoms with Crippen LogP contribution >= 0.6 is 15.9 Å². The Kier molecular flexibility index (Phi) is 3.44. The fourth-order valence-corrected chi connectivity index (χ4v) is 2.14. The van der Waals surface area contributed by atoms with Gasteiger partial charge in [-0.25, -0.2) is 0 Å². The van der Waals surface area contributed by atoms with E-state index in [-0.39, 0.29) is 5.97 Å². The molecule has 0 aromatic heterocycles. The van der Waals surface area contributed by atoms with Gasteiger partial charge in [0.1, 0.15) is 5.75 Å². The molecule has 0 aliphatic heterocycles. The number of ether oxygens (including phenoxy) is 1. The van der Waals surface area contributed by atoms with Crippen LogP contribution in [0, 0.1) is 5.41 Å². The zero-order valence-electron chi connectivity index (χ0n) is 10.7. The summed E-state index contributed by atoms with van der Waals surface area (Å²) >= 11 is 3.50. The average Bonchev–Trinajstić information content (AvgIpc) is 2.27. The second-order valence-electron chi connectivity index (χ2n) is 5.27. The number of hydrogen-bond acceptors (Lipinski definition) is 2. The van der Waals surface area contributed by atoms with Crippen molar-refractivity contribution in [3.05, 3.63) is 40.9 Å². The van der Waals surface area contributed by atoms with Crippen molar-refractivity contribution in [2.24, 2.45) is 5.41 Å². The van der Waals surface area contributed by atoms with E-state index in [1.54, 1.807) is 0 Å². The van der Waals surface area contributed by atoms with Gasteiger partial charge in [0, 0.05) is 4.47 Å². The first-order chi connectivity index (χ1) is 8.38. The maximum Gasteiger partial charge on any atom is 0.316 e. The van der Waals surface area contributed by atoms with E-state index >= 15 is 0 Å². The summed E-state index contributed by atoms with van der Waals surface area (Å²) in [5.41, 5.74) is -0.502. The number of esters is 1. The van der Waals surface area contributed by atoms with Crippen LogP contribution in [0.3, 0.4) is 0 Å². The minimum Gasteiger partial charge on any atom is -0.426 e. The van der Waals surface area contributed by atoms with Crippen molar-refractivity contribution in [3.63, 3.8) is 0 Å². The summed E-state index contributed by atoms with van der Waals surface area (Å²) in [5.74, 6) is 0.338. The molecule has 2 nitrogen and oxygen atoms in total. The summed E-state index contributed by atoms with van der Waals surface area (Å²) in [4.78, 5) is 11.8. The molecule has 2 aromatic rings. The SMILES string of the molecule is CC(C)(C)C(=O)Oc1cc(Br)c2ccccc2c1. The van der Waals surface area contributed by atoms with Gasteiger partial charge in [0.15, 0.2) is 0 Å². The fourth-order valence-electron chi connectivity index (χ4n) is 1.56. The lowest BCUT2D eigenvalue weighted by Crippen LogP contribution is -2.25. The van der Waals surface area contributed by atoms with Crippen molar-refractivity contribution in [2.45, 2.75) is 20.8 Å². The van der Waals surface area contributed by atoms with Gasteiger partial charge in [-0.2, -0.15) is 0 Å². The maximum absolute atomic E-state index is 11.8. The molecule has 0 saturated carbocycles. The van der Waals surface area contributed by atoms with Crippen LogP contribution in [0.4, 0.5) is 0 Å². The highest BCUT2D eigenvalue weighted by Crippen LogP contribution is 2.30. The Bertz CT molecular complexity index is 597. The number of carbonyl (C=O) groups excluding carboxylic acids is 1. The zero-order chi connectivity index (χ0) is 13.3. The molecule has 0 heterocycles.